The van der Waals surface area contributed by atoms with Gasteiger partial charge in [0.1, 0.15) is 5.60 Å². The van der Waals surface area contributed by atoms with Gasteiger partial charge in [-0.25, -0.2) is 25.6 Å². The van der Waals surface area contributed by atoms with Crippen molar-refractivity contribution in [2.45, 2.75) is 42.1 Å². The second kappa shape index (κ2) is 9.00. The lowest BCUT2D eigenvalue weighted by Gasteiger charge is -2.31. The molecule has 1 spiro atoms. The van der Waals surface area contributed by atoms with Gasteiger partial charge in [0.2, 0.25) is 20.0 Å². The summed E-state index contributed by atoms with van der Waals surface area (Å²) >= 11 is 0. The molecule has 0 aromatic heterocycles. The fourth-order valence-electron chi connectivity index (χ4n) is 5.20. The van der Waals surface area contributed by atoms with Crippen molar-refractivity contribution in [1.82, 2.24) is 4.31 Å². The van der Waals surface area contributed by atoms with Crippen molar-refractivity contribution in [3.63, 3.8) is 0 Å². The Hall–Kier alpha value is -2.61. The first kappa shape index (κ1) is 26.0. The van der Waals surface area contributed by atoms with Crippen LogP contribution in [0.5, 0.6) is 0 Å². The highest BCUT2D eigenvalue weighted by Crippen LogP contribution is 2.48. The van der Waals surface area contributed by atoms with Crippen LogP contribution in [0.2, 0.25) is 0 Å². The predicted octanol–water partition coefficient (Wildman–Crippen LogP) is 3.14. The number of halogens is 2. The topological polar surface area (TPSA) is 113 Å². The van der Waals surface area contributed by atoms with E-state index < -0.39 is 50.3 Å². The number of nitrogens with one attached hydrogen (secondary N) is 1. The number of amides is 1. The lowest BCUT2D eigenvalue weighted by Crippen LogP contribution is -2.42. The zero-order chi connectivity index (χ0) is 26.6. The van der Waals surface area contributed by atoms with E-state index in [0.717, 1.165) is 17.0 Å². The summed E-state index contributed by atoms with van der Waals surface area (Å²) in [6, 6.07) is 10.4. The van der Waals surface area contributed by atoms with Gasteiger partial charge in [-0.2, -0.15) is 4.31 Å². The Morgan fingerprint density at radius 1 is 1.03 bits per heavy atom. The molecule has 3 aliphatic heterocycles. The van der Waals surface area contributed by atoms with Crippen LogP contribution in [-0.2, 0) is 30.4 Å². The molecule has 13 heteroatoms. The van der Waals surface area contributed by atoms with Gasteiger partial charge < -0.3 is 9.64 Å². The average Bonchev–Trinajstić information content (AvgIpc) is 3.43. The van der Waals surface area contributed by atoms with Gasteiger partial charge in [-0.3, -0.25) is 9.52 Å². The van der Waals surface area contributed by atoms with Crippen LogP contribution in [-0.4, -0.2) is 65.5 Å². The third kappa shape index (κ3) is 4.97. The number of anilines is 2. The first-order valence-electron chi connectivity index (χ1n) is 11.9. The van der Waals surface area contributed by atoms with Crippen molar-refractivity contribution >= 4 is 37.3 Å². The maximum atomic E-state index is 13.7. The molecule has 0 bridgehead atoms. The molecule has 9 nitrogen and oxygen atoms in total. The summed E-state index contributed by atoms with van der Waals surface area (Å²) in [4.78, 5) is 15.0. The number of nitrogens with zero attached hydrogens (tertiary/aromatic N) is 2. The molecule has 2 aromatic rings. The van der Waals surface area contributed by atoms with Crippen molar-refractivity contribution in [2.24, 2.45) is 0 Å². The SMILES string of the molecule is CS(=O)(=O)Nc1ccc2c(c1)C1(CCCO1)CN2C(=O)c1cccc(S(=O)(=O)N2CCC(F)(F)CC2)c1. The molecule has 5 rings (SSSR count). The second-order valence-corrected chi connectivity index (χ2v) is 13.4. The Balaban J connectivity index is 1.46. The summed E-state index contributed by atoms with van der Waals surface area (Å²) in [7, 11) is -7.57. The number of rotatable bonds is 5. The highest BCUT2D eigenvalue weighted by atomic mass is 32.2. The fourth-order valence-corrected chi connectivity index (χ4v) is 7.25. The summed E-state index contributed by atoms with van der Waals surface area (Å²) in [5, 5.41) is 0. The van der Waals surface area contributed by atoms with E-state index in [1.165, 1.54) is 29.2 Å². The molecule has 200 valence electrons. The zero-order valence-electron chi connectivity index (χ0n) is 20.1. The van der Waals surface area contributed by atoms with Crippen LogP contribution in [0.15, 0.2) is 47.4 Å². The summed E-state index contributed by atoms with van der Waals surface area (Å²) in [6.07, 6.45) is 1.36. The zero-order valence-corrected chi connectivity index (χ0v) is 21.7. The minimum absolute atomic E-state index is 0.128. The van der Waals surface area contributed by atoms with E-state index in [2.05, 4.69) is 4.72 Å². The largest absolute Gasteiger partial charge is 0.368 e. The van der Waals surface area contributed by atoms with E-state index in [0.29, 0.717) is 30.0 Å². The predicted molar refractivity (Wildman–Crippen MR) is 133 cm³/mol. The van der Waals surface area contributed by atoms with Crippen LogP contribution in [0.4, 0.5) is 20.2 Å². The van der Waals surface area contributed by atoms with E-state index in [4.69, 9.17) is 4.74 Å². The third-order valence-electron chi connectivity index (χ3n) is 7.02. The molecule has 0 aliphatic carbocycles. The van der Waals surface area contributed by atoms with Crippen LogP contribution in [0, 0.1) is 0 Å². The third-order valence-corrected chi connectivity index (χ3v) is 9.52. The Bertz CT molecular complexity index is 1450. The molecule has 2 saturated heterocycles. The van der Waals surface area contributed by atoms with Crippen LogP contribution in [0.1, 0.15) is 41.6 Å². The molecule has 3 heterocycles. The number of benzene rings is 2. The number of ether oxygens (including phenoxy) is 1. The van der Waals surface area contributed by atoms with E-state index in [1.54, 1.807) is 18.2 Å². The first-order chi connectivity index (χ1) is 17.3. The minimum atomic E-state index is -4.06. The van der Waals surface area contributed by atoms with Crippen LogP contribution < -0.4 is 9.62 Å². The van der Waals surface area contributed by atoms with Crippen molar-refractivity contribution in [1.29, 1.82) is 0 Å². The van der Waals surface area contributed by atoms with Gasteiger partial charge in [0.05, 0.1) is 23.4 Å². The van der Waals surface area contributed by atoms with E-state index in [1.807, 2.05) is 0 Å². The summed E-state index contributed by atoms with van der Waals surface area (Å²) in [5.74, 6) is -3.33. The summed E-state index contributed by atoms with van der Waals surface area (Å²) < 4.78 is 86.4. The van der Waals surface area contributed by atoms with Crippen LogP contribution >= 0.6 is 0 Å². The molecule has 2 fully saturated rings. The van der Waals surface area contributed by atoms with Crippen molar-refractivity contribution < 1.29 is 35.1 Å². The Morgan fingerprint density at radius 2 is 1.76 bits per heavy atom. The highest BCUT2D eigenvalue weighted by Gasteiger charge is 2.48. The molecule has 2 aromatic carbocycles. The molecular formula is C24H27F2N3O6S2. The Kier molecular flexibility index (Phi) is 6.33. The smallest absolute Gasteiger partial charge is 0.258 e. The lowest BCUT2D eigenvalue weighted by molar-refractivity contribution is -0.0412. The Labute approximate surface area is 214 Å². The van der Waals surface area contributed by atoms with Gasteiger partial charge in [0.25, 0.3) is 11.8 Å². The van der Waals surface area contributed by atoms with Gasteiger partial charge in [0.15, 0.2) is 0 Å². The van der Waals surface area contributed by atoms with E-state index in [9.17, 15) is 30.4 Å². The van der Waals surface area contributed by atoms with E-state index >= 15 is 0 Å². The first-order valence-corrected chi connectivity index (χ1v) is 15.2. The standard InChI is InChI=1S/C24H27F2N3O6S2/c1-36(31,32)27-18-6-7-21-20(15-18)23(8-3-13-35-23)16-29(21)22(30)17-4-2-5-19(14-17)37(33,34)28-11-9-24(25,26)10-12-28/h2,4-7,14-15,27H,3,8-13,16H2,1H3. The number of carbonyl (C=O) groups excluding carboxylic acids is 1. The number of alkyl halides is 2. The van der Waals surface area contributed by atoms with Gasteiger partial charge in [-0.05, 0) is 49.2 Å². The normalized spacial score (nSPS) is 23.8. The number of carbonyl (C=O) groups is 1. The molecular weight excluding hydrogens is 528 g/mol. The van der Waals surface area contributed by atoms with Crippen LogP contribution in [0.3, 0.4) is 0 Å². The maximum absolute atomic E-state index is 13.7. The summed E-state index contributed by atoms with van der Waals surface area (Å²) in [6.45, 7) is 0.100. The number of fused-ring (bicyclic) bond motifs is 2. The quantitative estimate of drug-likeness (QED) is 0.607. The second-order valence-electron chi connectivity index (χ2n) is 9.73. The maximum Gasteiger partial charge on any atom is 0.258 e. The van der Waals surface area contributed by atoms with E-state index in [-0.39, 0.29) is 30.1 Å². The number of piperidine rings is 1. The molecule has 1 amide bonds. The van der Waals surface area contributed by atoms with Crippen molar-refractivity contribution in [2.75, 3.05) is 42.1 Å². The molecule has 1 N–H and O–H groups in total. The molecule has 0 saturated carbocycles. The number of hydrogen-bond acceptors (Lipinski definition) is 6. The number of hydrogen-bond donors (Lipinski definition) is 1. The summed E-state index contributed by atoms with van der Waals surface area (Å²) in [5.41, 5.74) is 0.930. The molecule has 3 aliphatic rings. The fraction of sp³-hybridized carbons (Fsp3) is 0.458. The molecule has 0 radical (unpaired) electrons. The minimum Gasteiger partial charge on any atom is -0.368 e. The van der Waals surface area contributed by atoms with Crippen LogP contribution in [0.25, 0.3) is 0 Å². The average molecular weight is 556 g/mol. The molecule has 37 heavy (non-hydrogen) atoms. The van der Waals surface area contributed by atoms with Gasteiger partial charge in [-0.15, -0.1) is 0 Å². The molecule has 1 unspecified atom stereocenters. The number of sulfonamides is 2. The van der Waals surface area contributed by atoms with Gasteiger partial charge in [-0.1, -0.05) is 6.07 Å². The van der Waals surface area contributed by atoms with Crippen molar-refractivity contribution in [3.05, 3.63) is 53.6 Å². The van der Waals surface area contributed by atoms with Gasteiger partial charge >= 0.3 is 0 Å². The lowest BCUT2D eigenvalue weighted by atomic mass is 9.93. The monoisotopic (exact) mass is 555 g/mol. The molecule has 1 atom stereocenters. The Morgan fingerprint density at radius 3 is 2.41 bits per heavy atom. The van der Waals surface area contributed by atoms with Gasteiger partial charge in [0, 0.05) is 49.4 Å². The highest BCUT2D eigenvalue weighted by molar-refractivity contribution is 7.92. The van der Waals surface area contributed by atoms with Crippen molar-refractivity contribution in [3.8, 4) is 0 Å².